The van der Waals surface area contributed by atoms with E-state index < -0.39 is 13.9 Å². The maximum Gasteiger partial charge on any atom is 0.137 e. The van der Waals surface area contributed by atoms with E-state index in [0.29, 0.717) is 16.8 Å². The molecule has 3 aromatic rings. The predicted molar refractivity (Wildman–Crippen MR) is 123 cm³/mol. The average molecular weight is 479 g/mol. The van der Waals surface area contributed by atoms with Crippen molar-refractivity contribution in [2.75, 3.05) is 26.3 Å². The van der Waals surface area contributed by atoms with Gasteiger partial charge in [0.2, 0.25) is 0 Å². The summed E-state index contributed by atoms with van der Waals surface area (Å²) in [5.41, 5.74) is 4.03. The first-order valence-corrected chi connectivity index (χ1v) is 14.5. The predicted octanol–water partition coefficient (Wildman–Crippen LogP) is 2.71. The van der Waals surface area contributed by atoms with Crippen LogP contribution < -0.4 is 0 Å². The van der Waals surface area contributed by atoms with Gasteiger partial charge in [-0.3, -0.25) is 13.3 Å². The van der Waals surface area contributed by atoms with E-state index >= 15 is 0 Å². The second-order valence-electron chi connectivity index (χ2n) is 7.48. The van der Waals surface area contributed by atoms with Crippen molar-refractivity contribution in [3.05, 3.63) is 65.6 Å². The van der Waals surface area contributed by atoms with Gasteiger partial charge < -0.3 is 4.74 Å². The van der Waals surface area contributed by atoms with Crippen LogP contribution in [0.15, 0.2) is 47.4 Å². The molecular formula is C21H21FN3O3S3. The molecule has 1 radical (unpaired) electrons. The van der Waals surface area contributed by atoms with Crippen molar-refractivity contribution < 1.29 is 17.5 Å². The Bertz CT molecular complexity index is 1140. The number of ether oxygens (including phenoxy) is 1. The molecule has 0 atom stereocenters. The summed E-state index contributed by atoms with van der Waals surface area (Å²) in [6.07, 6.45) is 2.99. The van der Waals surface area contributed by atoms with Gasteiger partial charge in [0.05, 0.1) is 50.9 Å². The number of thiol groups is 2. The van der Waals surface area contributed by atoms with Crippen molar-refractivity contribution in [3.63, 3.8) is 0 Å². The molecule has 0 saturated carbocycles. The smallest absolute Gasteiger partial charge is 0.137 e. The van der Waals surface area contributed by atoms with Crippen LogP contribution in [0.25, 0.3) is 16.9 Å². The number of halogens is 1. The number of fused-ring (bicyclic) bond motifs is 3. The van der Waals surface area contributed by atoms with Gasteiger partial charge in [-0.05, 0) is 23.8 Å². The number of rotatable bonds is 5. The van der Waals surface area contributed by atoms with Crippen molar-refractivity contribution in [1.82, 2.24) is 14.7 Å². The fourth-order valence-electron chi connectivity index (χ4n) is 4.11. The van der Waals surface area contributed by atoms with Gasteiger partial charge in [-0.2, -0.15) is 5.10 Å². The van der Waals surface area contributed by atoms with Crippen molar-refractivity contribution in [1.29, 1.82) is 0 Å². The molecule has 2 aliphatic heterocycles. The van der Waals surface area contributed by atoms with E-state index in [2.05, 4.69) is 28.3 Å². The lowest BCUT2D eigenvalue weighted by Gasteiger charge is -2.34. The van der Waals surface area contributed by atoms with Crippen LogP contribution >= 0.6 is 8.09 Å². The van der Waals surface area contributed by atoms with Crippen molar-refractivity contribution in [2.45, 2.75) is 17.2 Å². The summed E-state index contributed by atoms with van der Waals surface area (Å²) >= 11 is 0. The molecule has 31 heavy (non-hydrogen) atoms. The summed E-state index contributed by atoms with van der Waals surface area (Å²) in [5, 5.41) is 4.42. The highest BCUT2D eigenvalue weighted by molar-refractivity contribution is 9.10. The molecule has 1 aromatic heterocycles. The van der Waals surface area contributed by atoms with Gasteiger partial charge >= 0.3 is 0 Å². The molecule has 0 unspecified atom stereocenters. The molecule has 1 saturated heterocycles. The van der Waals surface area contributed by atoms with Crippen LogP contribution in [0.5, 0.6) is 0 Å². The fourth-order valence-corrected chi connectivity index (χ4v) is 9.01. The zero-order valence-corrected chi connectivity index (χ0v) is 19.1. The Morgan fingerprint density at radius 3 is 2.55 bits per heavy atom. The van der Waals surface area contributed by atoms with Crippen LogP contribution in [0, 0.1) is 12.0 Å². The van der Waals surface area contributed by atoms with E-state index in [1.165, 1.54) is 11.6 Å². The molecule has 1 fully saturated rings. The lowest BCUT2D eigenvalue weighted by Crippen LogP contribution is -2.35. The molecule has 0 N–H and O–H groups in total. The van der Waals surface area contributed by atoms with Crippen LogP contribution in [-0.2, 0) is 38.4 Å². The average Bonchev–Trinajstić information content (AvgIpc) is 3.23. The number of hydrogen-bond acceptors (Lipinski definition) is 5. The minimum atomic E-state index is -2.41. The monoisotopic (exact) mass is 478 g/mol. The van der Waals surface area contributed by atoms with Crippen molar-refractivity contribution in [3.8, 4) is 16.9 Å². The molecule has 0 amide bonds. The van der Waals surface area contributed by atoms with E-state index in [9.17, 15) is 12.8 Å². The second-order valence-corrected chi connectivity index (χ2v) is 15.3. The normalized spacial score (nSPS) is 18.9. The summed E-state index contributed by atoms with van der Waals surface area (Å²) in [5.74, 6) is -0.278. The largest absolute Gasteiger partial charge is 0.379 e. The van der Waals surface area contributed by atoms with Crippen molar-refractivity contribution in [2.24, 2.45) is 0 Å². The quantitative estimate of drug-likeness (QED) is 0.436. The Hall–Kier alpha value is -1.85. The van der Waals surface area contributed by atoms with E-state index in [1.54, 1.807) is 16.8 Å². The number of benzene rings is 2. The van der Waals surface area contributed by atoms with Crippen LogP contribution in [0.3, 0.4) is 0 Å². The maximum absolute atomic E-state index is 14.8. The molecule has 6 nitrogen and oxygen atoms in total. The van der Waals surface area contributed by atoms with Gasteiger partial charge in [-0.15, -0.1) is 0 Å². The number of hydrogen-bond donors (Lipinski definition) is 2. The summed E-state index contributed by atoms with van der Waals surface area (Å²) in [7, 11) is -3.05. The SMILES string of the molecule is O=[SH]S1([SH]=O)Cc2[c]nn(-c3ccc(CN4CCOCC4)cc3)c2-c2cccc(F)c21. The van der Waals surface area contributed by atoms with Gasteiger partial charge in [-0.1, -0.05) is 32.4 Å². The number of morpholine rings is 1. The highest BCUT2D eigenvalue weighted by atomic mass is 33.5. The zero-order chi connectivity index (χ0) is 21.4. The fraction of sp³-hybridized carbons (Fsp3) is 0.286. The molecule has 0 spiro atoms. The summed E-state index contributed by atoms with van der Waals surface area (Å²) in [6, 6.07) is 12.8. The number of aromatic nitrogens is 2. The van der Waals surface area contributed by atoms with E-state index in [0.717, 1.165) is 38.5 Å². The molecule has 0 bridgehead atoms. The van der Waals surface area contributed by atoms with Gasteiger partial charge in [-0.25, -0.2) is 9.07 Å². The zero-order valence-electron chi connectivity index (χ0n) is 16.5. The van der Waals surface area contributed by atoms with Crippen LogP contribution in [0.2, 0.25) is 0 Å². The lowest BCUT2D eigenvalue weighted by molar-refractivity contribution is 0.0342. The summed E-state index contributed by atoms with van der Waals surface area (Å²) in [6.45, 7) is 4.23. The first-order chi connectivity index (χ1) is 15.1. The van der Waals surface area contributed by atoms with Gasteiger partial charge in [0.1, 0.15) is 12.0 Å². The molecule has 2 aromatic carbocycles. The van der Waals surface area contributed by atoms with Gasteiger partial charge in [0.25, 0.3) is 0 Å². The Morgan fingerprint density at radius 2 is 1.84 bits per heavy atom. The molecular weight excluding hydrogens is 457 g/mol. The van der Waals surface area contributed by atoms with Crippen molar-refractivity contribution >= 4 is 29.5 Å². The highest BCUT2D eigenvalue weighted by Gasteiger charge is 2.39. The van der Waals surface area contributed by atoms with Gasteiger partial charge in [0, 0.05) is 36.5 Å². The molecule has 2 aliphatic rings. The van der Waals surface area contributed by atoms with Crippen LogP contribution in [0.1, 0.15) is 11.1 Å². The third kappa shape index (κ3) is 3.70. The summed E-state index contributed by atoms with van der Waals surface area (Å²) < 4.78 is 46.0. The van der Waals surface area contributed by atoms with Crippen LogP contribution in [-0.4, -0.2) is 49.4 Å². The third-order valence-corrected chi connectivity index (χ3v) is 12.4. The summed E-state index contributed by atoms with van der Waals surface area (Å²) in [4.78, 5) is 2.63. The van der Waals surface area contributed by atoms with Crippen LogP contribution in [0.4, 0.5) is 4.39 Å². The molecule has 3 heterocycles. The maximum atomic E-state index is 14.8. The van der Waals surface area contributed by atoms with Gasteiger partial charge in [0.15, 0.2) is 0 Å². The first-order valence-electron chi connectivity index (χ1n) is 9.83. The molecule has 163 valence electrons. The van der Waals surface area contributed by atoms with E-state index in [-0.39, 0.29) is 32.0 Å². The van der Waals surface area contributed by atoms with E-state index in [4.69, 9.17) is 4.74 Å². The Morgan fingerprint density at radius 1 is 1.10 bits per heavy atom. The number of nitrogens with zero attached hydrogens (tertiary/aromatic N) is 3. The Labute approximate surface area is 187 Å². The topological polar surface area (TPSA) is 64.4 Å². The minimum Gasteiger partial charge on any atom is -0.379 e. The standard InChI is InChI=1S/C21H21FN3O3S3/c22-19-3-1-2-18-20-16(14-31(29-26,30-27)21(18)19)12-23-25(20)17-6-4-15(5-7-17)13-24-8-10-28-11-9-24/h1-7,29-30H,8-11,13-14H2. The second kappa shape index (κ2) is 8.59. The lowest BCUT2D eigenvalue weighted by atomic mass is 10.1. The highest BCUT2D eigenvalue weighted by Crippen LogP contribution is 2.64. The Kier molecular flexibility index (Phi) is 5.82. The molecule has 5 rings (SSSR count). The molecule has 0 aliphatic carbocycles. The first kappa shape index (κ1) is 21.0. The van der Waals surface area contributed by atoms with E-state index in [1.807, 2.05) is 12.1 Å². The third-order valence-electron chi connectivity index (χ3n) is 5.61. The minimum absolute atomic E-state index is 0.210. The Balaban J connectivity index is 1.53. The molecule has 10 heteroatoms.